The molecule has 5 nitrogen and oxygen atoms in total. The SMILES string of the molecule is CCOC(=O)C1(NC2CC2)CCCC(Sc2ncns2)C1. The zero-order valence-corrected chi connectivity index (χ0v) is 13.8. The van der Waals surface area contributed by atoms with Crippen molar-refractivity contribution < 1.29 is 9.53 Å². The van der Waals surface area contributed by atoms with E-state index < -0.39 is 5.54 Å². The van der Waals surface area contributed by atoms with E-state index in [4.69, 9.17) is 4.74 Å². The highest BCUT2D eigenvalue weighted by Gasteiger charge is 2.47. The summed E-state index contributed by atoms with van der Waals surface area (Å²) in [4.78, 5) is 16.8. The number of ether oxygens (including phenoxy) is 1. The molecule has 3 rings (SSSR count). The van der Waals surface area contributed by atoms with Crippen LogP contribution in [0.1, 0.15) is 45.4 Å². The molecule has 2 aliphatic carbocycles. The third-order valence-corrected chi connectivity index (χ3v) is 6.05. The van der Waals surface area contributed by atoms with E-state index in [0.717, 1.165) is 30.0 Å². The quantitative estimate of drug-likeness (QED) is 0.810. The van der Waals surface area contributed by atoms with E-state index in [0.29, 0.717) is 17.9 Å². The van der Waals surface area contributed by atoms with Gasteiger partial charge in [-0.15, -0.1) is 0 Å². The van der Waals surface area contributed by atoms with Crippen LogP contribution in [0.4, 0.5) is 0 Å². The predicted molar refractivity (Wildman–Crippen MR) is 83.5 cm³/mol. The Labute approximate surface area is 133 Å². The molecule has 0 spiro atoms. The summed E-state index contributed by atoms with van der Waals surface area (Å²) in [6, 6.07) is 0.500. The Morgan fingerprint density at radius 2 is 2.43 bits per heavy atom. The lowest BCUT2D eigenvalue weighted by Gasteiger charge is -2.39. The van der Waals surface area contributed by atoms with Gasteiger partial charge in [0.2, 0.25) is 0 Å². The second-order valence-corrected chi connectivity index (χ2v) is 8.09. The Kier molecular flexibility index (Phi) is 4.81. The molecule has 0 amide bonds. The maximum absolute atomic E-state index is 12.5. The van der Waals surface area contributed by atoms with Crippen molar-refractivity contribution in [1.29, 1.82) is 0 Å². The molecule has 7 heteroatoms. The van der Waals surface area contributed by atoms with Crippen molar-refractivity contribution in [2.75, 3.05) is 6.61 Å². The highest BCUT2D eigenvalue weighted by molar-refractivity contribution is 8.01. The van der Waals surface area contributed by atoms with Gasteiger partial charge in [-0.25, -0.2) is 4.98 Å². The molecule has 116 valence electrons. The smallest absolute Gasteiger partial charge is 0.326 e. The number of nitrogens with one attached hydrogen (secondary N) is 1. The summed E-state index contributed by atoms with van der Waals surface area (Å²) in [6.07, 6.45) is 7.83. The monoisotopic (exact) mass is 327 g/mol. The molecule has 0 aromatic carbocycles. The molecule has 2 aliphatic rings. The van der Waals surface area contributed by atoms with Crippen LogP contribution < -0.4 is 5.32 Å². The van der Waals surface area contributed by atoms with Gasteiger partial charge in [0, 0.05) is 11.3 Å². The number of thioether (sulfide) groups is 1. The number of rotatable bonds is 6. The highest BCUT2D eigenvalue weighted by Crippen LogP contribution is 2.40. The number of hydrogen-bond donors (Lipinski definition) is 1. The van der Waals surface area contributed by atoms with Gasteiger partial charge in [0.15, 0.2) is 4.34 Å². The summed E-state index contributed by atoms with van der Waals surface area (Å²) in [5, 5.41) is 3.98. The molecule has 21 heavy (non-hydrogen) atoms. The fourth-order valence-electron chi connectivity index (χ4n) is 2.95. The minimum atomic E-state index is -0.488. The maximum Gasteiger partial charge on any atom is 0.326 e. The van der Waals surface area contributed by atoms with Gasteiger partial charge in [0.05, 0.1) is 6.61 Å². The molecule has 1 N–H and O–H groups in total. The lowest BCUT2D eigenvalue weighted by atomic mass is 9.81. The number of carbonyl (C=O) groups excluding carboxylic acids is 1. The van der Waals surface area contributed by atoms with Crippen LogP contribution in [0.2, 0.25) is 0 Å². The molecule has 1 aromatic heterocycles. The molecule has 1 aromatic rings. The fourth-order valence-corrected chi connectivity index (χ4v) is 4.98. The number of nitrogens with zero attached hydrogens (tertiary/aromatic N) is 2. The molecule has 2 fully saturated rings. The van der Waals surface area contributed by atoms with Crippen LogP contribution in [0, 0.1) is 0 Å². The van der Waals surface area contributed by atoms with E-state index in [-0.39, 0.29) is 5.97 Å². The lowest BCUT2D eigenvalue weighted by Crippen LogP contribution is -2.57. The van der Waals surface area contributed by atoms with Crippen LogP contribution in [-0.4, -0.2) is 38.8 Å². The predicted octanol–water partition coefficient (Wildman–Crippen LogP) is 2.63. The Hall–Kier alpha value is -0.660. The van der Waals surface area contributed by atoms with Gasteiger partial charge in [0.1, 0.15) is 11.9 Å². The van der Waals surface area contributed by atoms with Crippen molar-refractivity contribution in [2.24, 2.45) is 0 Å². The van der Waals surface area contributed by atoms with Gasteiger partial charge in [-0.05, 0) is 57.0 Å². The topological polar surface area (TPSA) is 64.1 Å². The Morgan fingerprint density at radius 3 is 3.10 bits per heavy atom. The van der Waals surface area contributed by atoms with E-state index >= 15 is 0 Å². The van der Waals surface area contributed by atoms with Crippen molar-refractivity contribution in [3.8, 4) is 0 Å². The molecule has 0 aliphatic heterocycles. The second kappa shape index (κ2) is 6.62. The first-order chi connectivity index (χ1) is 10.2. The molecular weight excluding hydrogens is 306 g/mol. The van der Waals surface area contributed by atoms with Gasteiger partial charge in [-0.1, -0.05) is 11.8 Å². The zero-order valence-electron chi connectivity index (χ0n) is 12.2. The normalized spacial score (nSPS) is 29.3. The second-order valence-electron chi connectivity index (χ2n) is 5.76. The summed E-state index contributed by atoms with van der Waals surface area (Å²) in [7, 11) is 0. The maximum atomic E-state index is 12.5. The van der Waals surface area contributed by atoms with Gasteiger partial charge >= 0.3 is 5.97 Å². The molecule has 0 bridgehead atoms. The van der Waals surface area contributed by atoms with Crippen molar-refractivity contribution in [3.05, 3.63) is 6.33 Å². The molecule has 2 atom stereocenters. The van der Waals surface area contributed by atoms with Crippen molar-refractivity contribution in [2.45, 2.75) is 66.6 Å². The molecule has 0 saturated heterocycles. The first-order valence-electron chi connectivity index (χ1n) is 7.60. The van der Waals surface area contributed by atoms with Gasteiger partial charge in [-0.3, -0.25) is 10.1 Å². The first kappa shape index (κ1) is 15.2. The van der Waals surface area contributed by atoms with Crippen LogP contribution in [0.5, 0.6) is 0 Å². The number of carbonyl (C=O) groups is 1. The Bertz CT molecular complexity index is 479. The van der Waals surface area contributed by atoms with Crippen molar-refractivity contribution in [1.82, 2.24) is 14.7 Å². The number of esters is 1. The molecule has 2 unspecified atom stereocenters. The highest BCUT2D eigenvalue weighted by atomic mass is 32.2. The van der Waals surface area contributed by atoms with Gasteiger partial charge < -0.3 is 4.74 Å². The molecule has 0 radical (unpaired) electrons. The van der Waals surface area contributed by atoms with E-state index in [9.17, 15) is 4.79 Å². The summed E-state index contributed by atoms with van der Waals surface area (Å²) in [5.41, 5.74) is -0.488. The van der Waals surface area contributed by atoms with Gasteiger partial charge in [-0.2, -0.15) is 4.37 Å². The van der Waals surface area contributed by atoms with Crippen LogP contribution in [0.15, 0.2) is 10.7 Å². The minimum absolute atomic E-state index is 0.0699. The Balaban J connectivity index is 1.70. The van der Waals surface area contributed by atoms with E-state index in [1.54, 1.807) is 18.1 Å². The van der Waals surface area contributed by atoms with Crippen LogP contribution in [0.3, 0.4) is 0 Å². The van der Waals surface area contributed by atoms with Crippen molar-refractivity contribution in [3.63, 3.8) is 0 Å². The van der Waals surface area contributed by atoms with Crippen LogP contribution in [-0.2, 0) is 9.53 Å². The average Bonchev–Trinajstić information content (AvgIpc) is 3.13. The Morgan fingerprint density at radius 1 is 1.57 bits per heavy atom. The number of hydrogen-bond acceptors (Lipinski definition) is 7. The zero-order chi connectivity index (χ0) is 14.7. The third kappa shape index (κ3) is 3.76. The van der Waals surface area contributed by atoms with E-state index in [2.05, 4.69) is 14.7 Å². The molecule has 2 saturated carbocycles. The van der Waals surface area contributed by atoms with Gasteiger partial charge in [0.25, 0.3) is 0 Å². The third-order valence-electron chi connectivity index (χ3n) is 4.04. The summed E-state index contributed by atoms with van der Waals surface area (Å²) < 4.78 is 10.4. The van der Waals surface area contributed by atoms with Crippen LogP contribution >= 0.6 is 23.3 Å². The van der Waals surface area contributed by atoms with Crippen LogP contribution in [0.25, 0.3) is 0 Å². The average molecular weight is 327 g/mol. The minimum Gasteiger partial charge on any atom is -0.465 e. The molecule has 1 heterocycles. The summed E-state index contributed by atoms with van der Waals surface area (Å²) in [5.74, 6) is -0.0699. The van der Waals surface area contributed by atoms with E-state index in [1.807, 2.05) is 6.92 Å². The lowest BCUT2D eigenvalue weighted by molar-refractivity contribution is -0.152. The standard InChI is InChI=1S/C14H21N3O2S2/c1-2-19-12(18)14(17-10-5-6-10)7-3-4-11(8-14)20-13-15-9-16-21-13/h9-11,17H,2-8H2,1H3. The molecular formula is C14H21N3O2S2. The largest absolute Gasteiger partial charge is 0.465 e. The summed E-state index contributed by atoms with van der Waals surface area (Å²) >= 11 is 3.18. The number of aromatic nitrogens is 2. The van der Waals surface area contributed by atoms with Crippen molar-refractivity contribution >= 4 is 29.3 Å². The van der Waals surface area contributed by atoms with E-state index in [1.165, 1.54) is 24.4 Å². The fraction of sp³-hybridized carbons (Fsp3) is 0.786. The first-order valence-corrected chi connectivity index (χ1v) is 9.25. The summed E-state index contributed by atoms with van der Waals surface area (Å²) in [6.45, 7) is 2.32.